The minimum absolute atomic E-state index is 0.0793. The van der Waals surface area contributed by atoms with Crippen molar-refractivity contribution in [2.24, 2.45) is 11.3 Å². The smallest absolute Gasteiger partial charge is 0.379 e. The predicted octanol–water partition coefficient (Wildman–Crippen LogP) is 2.72. The van der Waals surface area contributed by atoms with Gasteiger partial charge in [0.05, 0.1) is 6.61 Å². The van der Waals surface area contributed by atoms with Crippen LogP contribution in [0.1, 0.15) is 59.8 Å². The number of Topliss-reactive ketones (excluding diaryl/α,β-unsaturated/α-hetero) is 1. The molecule has 1 unspecified atom stereocenters. The molecule has 0 saturated carbocycles. The van der Waals surface area contributed by atoms with Gasteiger partial charge in [-0.2, -0.15) is 0 Å². The topological polar surface area (TPSA) is 72.8 Å². The lowest BCUT2D eigenvalue weighted by Gasteiger charge is -2.42. The van der Waals surface area contributed by atoms with Gasteiger partial charge in [-0.3, -0.25) is 4.79 Å². The molecule has 1 aliphatic heterocycles. The number of ketones is 1. The first-order chi connectivity index (χ1) is 10.2. The molecule has 0 aromatic rings. The van der Waals surface area contributed by atoms with Crippen molar-refractivity contribution in [3.63, 3.8) is 0 Å². The van der Waals surface area contributed by atoms with E-state index in [9.17, 15) is 14.7 Å². The number of esters is 1. The van der Waals surface area contributed by atoms with Gasteiger partial charge < -0.3 is 14.6 Å². The predicted molar refractivity (Wildman–Crippen MR) is 80.7 cm³/mol. The summed E-state index contributed by atoms with van der Waals surface area (Å²) in [5.41, 5.74) is 0.453. The van der Waals surface area contributed by atoms with Gasteiger partial charge in [-0.25, -0.2) is 4.79 Å². The van der Waals surface area contributed by atoms with Gasteiger partial charge in [0, 0.05) is 24.8 Å². The molecule has 5 nitrogen and oxygen atoms in total. The van der Waals surface area contributed by atoms with Crippen molar-refractivity contribution in [1.82, 2.24) is 0 Å². The number of ether oxygens (including phenoxy) is 2. The molecule has 124 valence electrons. The molecule has 0 amide bonds. The largest absolute Gasteiger partial charge is 0.461 e. The van der Waals surface area contributed by atoms with Crippen molar-refractivity contribution in [2.75, 3.05) is 6.61 Å². The third-order valence-electron chi connectivity index (χ3n) is 4.33. The van der Waals surface area contributed by atoms with Gasteiger partial charge in [0.15, 0.2) is 5.78 Å². The Morgan fingerprint density at radius 1 is 1.36 bits per heavy atom. The Hall–Kier alpha value is -1.36. The summed E-state index contributed by atoms with van der Waals surface area (Å²) >= 11 is 0. The van der Waals surface area contributed by atoms with E-state index in [1.165, 1.54) is 0 Å². The summed E-state index contributed by atoms with van der Waals surface area (Å²) in [6, 6.07) is 0. The number of rotatable bonds is 4. The average molecular weight is 310 g/mol. The van der Waals surface area contributed by atoms with E-state index in [-0.39, 0.29) is 30.1 Å². The summed E-state index contributed by atoms with van der Waals surface area (Å²) in [4.78, 5) is 24.6. The van der Waals surface area contributed by atoms with Crippen LogP contribution in [0, 0.1) is 11.3 Å². The van der Waals surface area contributed by atoms with Gasteiger partial charge in [0.25, 0.3) is 0 Å². The fraction of sp³-hybridized carbons (Fsp3) is 0.765. The highest BCUT2D eigenvalue weighted by molar-refractivity contribution is 5.98. The lowest BCUT2D eigenvalue weighted by atomic mass is 9.70. The lowest BCUT2D eigenvalue weighted by Crippen LogP contribution is -2.49. The molecule has 2 rings (SSSR count). The van der Waals surface area contributed by atoms with E-state index in [0.717, 1.165) is 12.8 Å². The molecule has 0 bridgehead atoms. The number of carbonyl (C=O) groups excluding carboxylic acids is 2. The van der Waals surface area contributed by atoms with Gasteiger partial charge in [-0.05, 0) is 24.7 Å². The van der Waals surface area contributed by atoms with Crippen LogP contribution in [0.15, 0.2) is 11.3 Å². The third kappa shape index (κ3) is 3.19. The minimum Gasteiger partial charge on any atom is -0.461 e. The second kappa shape index (κ2) is 6.03. The van der Waals surface area contributed by atoms with Gasteiger partial charge >= 0.3 is 11.8 Å². The Balaban J connectivity index is 2.39. The second-order valence-corrected chi connectivity index (χ2v) is 7.07. The zero-order valence-electron chi connectivity index (χ0n) is 13.9. The average Bonchev–Trinajstić information content (AvgIpc) is 2.36. The molecule has 0 aromatic carbocycles. The third-order valence-corrected chi connectivity index (χ3v) is 4.33. The van der Waals surface area contributed by atoms with Crippen LogP contribution in [0.2, 0.25) is 0 Å². The number of hydrogen-bond acceptors (Lipinski definition) is 5. The Morgan fingerprint density at radius 3 is 2.64 bits per heavy atom. The summed E-state index contributed by atoms with van der Waals surface area (Å²) in [7, 11) is 0. The van der Waals surface area contributed by atoms with E-state index in [2.05, 4.69) is 0 Å². The van der Waals surface area contributed by atoms with Gasteiger partial charge in [0.1, 0.15) is 5.76 Å². The molecule has 2 atom stereocenters. The summed E-state index contributed by atoms with van der Waals surface area (Å²) in [6.45, 7) is 7.87. The standard InChI is InChI=1S/C17H26O5/c1-5-7-11-8-17(20,15(19)21-6-2)22-13-10-16(3,4)9-12(18)14(11)13/h11,20H,5-10H2,1-4H3/t11-,17?/m1/s1. The van der Waals surface area contributed by atoms with Gasteiger partial charge in [0.2, 0.25) is 0 Å². The molecule has 22 heavy (non-hydrogen) atoms. The van der Waals surface area contributed by atoms with E-state index in [1.807, 2.05) is 20.8 Å². The zero-order valence-corrected chi connectivity index (χ0v) is 13.9. The highest BCUT2D eigenvalue weighted by atomic mass is 16.7. The van der Waals surface area contributed by atoms with Crippen LogP contribution < -0.4 is 0 Å². The minimum atomic E-state index is -1.97. The first kappa shape index (κ1) is 17.0. The van der Waals surface area contributed by atoms with E-state index in [0.29, 0.717) is 24.2 Å². The zero-order chi connectivity index (χ0) is 16.5. The van der Waals surface area contributed by atoms with Crippen LogP contribution in [0.5, 0.6) is 0 Å². The summed E-state index contributed by atoms with van der Waals surface area (Å²) in [5.74, 6) is -2.33. The van der Waals surface area contributed by atoms with Crippen molar-refractivity contribution in [2.45, 2.75) is 65.6 Å². The van der Waals surface area contributed by atoms with Crippen LogP contribution in [0.4, 0.5) is 0 Å². The summed E-state index contributed by atoms with van der Waals surface area (Å²) in [6.07, 6.45) is 2.74. The Bertz CT molecular complexity index is 505. The summed E-state index contributed by atoms with van der Waals surface area (Å²) in [5, 5.41) is 10.6. The highest BCUT2D eigenvalue weighted by Gasteiger charge is 2.51. The normalized spacial score (nSPS) is 30.6. The van der Waals surface area contributed by atoms with E-state index in [4.69, 9.17) is 9.47 Å². The monoisotopic (exact) mass is 310 g/mol. The first-order valence-electron chi connectivity index (χ1n) is 8.07. The van der Waals surface area contributed by atoms with Gasteiger partial charge in [-0.15, -0.1) is 0 Å². The van der Waals surface area contributed by atoms with Crippen LogP contribution >= 0.6 is 0 Å². The van der Waals surface area contributed by atoms with Crippen molar-refractivity contribution >= 4 is 11.8 Å². The molecule has 2 aliphatic rings. The maximum atomic E-state index is 12.5. The molecule has 1 N–H and O–H groups in total. The Morgan fingerprint density at radius 2 is 2.05 bits per heavy atom. The maximum Gasteiger partial charge on any atom is 0.379 e. The van der Waals surface area contributed by atoms with Crippen LogP contribution in [-0.4, -0.2) is 29.3 Å². The van der Waals surface area contributed by atoms with Crippen molar-refractivity contribution in [1.29, 1.82) is 0 Å². The fourth-order valence-electron chi connectivity index (χ4n) is 3.47. The van der Waals surface area contributed by atoms with E-state index < -0.39 is 11.8 Å². The Labute approximate surface area is 131 Å². The quantitative estimate of drug-likeness (QED) is 0.808. The molecular formula is C17H26O5. The number of carbonyl (C=O) groups is 2. The first-order valence-corrected chi connectivity index (χ1v) is 8.07. The van der Waals surface area contributed by atoms with Crippen LogP contribution in [0.3, 0.4) is 0 Å². The molecule has 0 spiro atoms. The maximum absolute atomic E-state index is 12.5. The summed E-state index contributed by atoms with van der Waals surface area (Å²) < 4.78 is 10.6. The molecule has 0 radical (unpaired) electrons. The molecule has 5 heteroatoms. The Kier molecular flexibility index (Phi) is 4.66. The second-order valence-electron chi connectivity index (χ2n) is 7.07. The fourth-order valence-corrected chi connectivity index (χ4v) is 3.47. The molecule has 0 aromatic heterocycles. The number of aliphatic hydroxyl groups is 1. The number of allylic oxidation sites excluding steroid dienone is 2. The molecule has 1 aliphatic carbocycles. The highest BCUT2D eigenvalue weighted by Crippen LogP contribution is 2.47. The van der Waals surface area contributed by atoms with Gasteiger partial charge in [-0.1, -0.05) is 27.2 Å². The van der Waals surface area contributed by atoms with Crippen LogP contribution in [-0.2, 0) is 19.1 Å². The lowest BCUT2D eigenvalue weighted by molar-refractivity contribution is -0.228. The number of hydrogen-bond donors (Lipinski definition) is 1. The van der Waals surface area contributed by atoms with Crippen molar-refractivity contribution in [3.8, 4) is 0 Å². The van der Waals surface area contributed by atoms with Crippen LogP contribution in [0.25, 0.3) is 0 Å². The van der Waals surface area contributed by atoms with Crippen molar-refractivity contribution in [3.05, 3.63) is 11.3 Å². The molecule has 0 saturated heterocycles. The molecular weight excluding hydrogens is 284 g/mol. The molecule has 1 heterocycles. The van der Waals surface area contributed by atoms with E-state index >= 15 is 0 Å². The van der Waals surface area contributed by atoms with Crippen molar-refractivity contribution < 1.29 is 24.2 Å². The molecule has 0 fully saturated rings. The van der Waals surface area contributed by atoms with E-state index in [1.54, 1.807) is 6.92 Å². The SMILES string of the molecule is CCC[C@@H]1CC(O)(C(=O)OCC)OC2=C1C(=O)CC(C)(C)C2.